The summed E-state index contributed by atoms with van der Waals surface area (Å²) in [4.78, 5) is 5.89. The summed E-state index contributed by atoms with van der Waals surface area (Å²) >= 11 is 0. The fourth-order valence-corrected chi connectivity index (χ4v) is 2.29. The molecule has 2 heterocycles. The lowest BCUT2D eigenvalue weighted by molar-refractivity contribution is 0.0644. The van der Waals surface area contributed by atoms with Crippen LogP contribution in [0.4, 0.5) is 8.78 Å². The van der Waals surface area contributed by atoms with Crippen molar-refractivity contribution >= 4 is 0 Å². The first-order valence-electron chi connectivity index (χ1n) is 6.50. The minimum atomic E-state index is -2.57. The minimum Gasteiger partial charge on any atom is -0.454 e. The van der Waals surface area contributed by atoms with Crippen LogP contribution < -0.4 is 9.47 Å². The number of hydrogen-bond acceptors (Lipinski definition) is 4. The summed E-state index contributed by atoms with van der Waals surface area (Å²) in [6, 6.07) is 5.69. The van der Waals surface area contributed by atoms with Crippen LogP contribution in [-0.2, 0) is 13.1 Å². The third kappa shape index (κ3) is 2.97. The van der Waals surface area contributed by atoms with Crippen LogP contribution in [0.1, 0.15) is 17.9 Å². The van der Waals surface area contributed by atoms with Crippen molar-refractivity contribution in [2.45, 2.75) is 19.6 Å². The fourth-order valence-electron chi connectivity index (χ4n) is 2.29. The molecule has 7 heteroatoms. The maximum absolute atomic E-state index is 12.8. The molecule has 1 aliphatic rings. The molecule has 3 rings (SSSR count). The standard InChI is InChI=1S/C14H15F2N3O2/c1-18(8-13-17-4-5-19(13)14(15)16)7-10-2-3-11-12(6-10)21-9-20-11/h2-6,14H,7-9H2,1H3. The van der Waals surface area contributed by atoms with Crippen molar-refractivity contribution in [3.05, 3.63) is 42.0 Å². The van der Waals surface area contributed by atoms with E-state index in [9.17, 15) is 8.78 Å². The van der Waals surface area contributed by atoms with Gasteiger partial charge in [-0.05, 0) is 24.7 Å². The highest BCUT2D eigenvalue weighted by Gasteiger charge is 2.16. The van der Waals surface area contributed by atoms with Gasteiger partial charge in [-0.3, -0.25) is 9.47 Å². The van der Waals surface area contributed by atoms with E-state index in [1.807, 2.05) is 30.1 Å². The molecule has 5 nitrogen and oxygen atoms in total. The van der Waals surface area contributed by atoms with E-state index in [1.165, 1.54) is 12.4 Å². The van der Waals surface area contributed by atoms with Gasteiger partial charge in [0.1, 0.15) is 5.82 Å². The second kappa shape index (κ2) is 5.69. The maximum atomic E-state index is 12.8. The first kappa shape index (κ1) is 13.8. The quantitative estimate of drug-likeness (QED) is 0.850. The smallest absolute Gasteiger partial charge is 0.319 e. The van der Waals surface area contributed by atoms with Crippen molar-refractivity contribution in [1.82, 2.24) is 14.5 Å². The van der Waals surface area contributed by atoms with E-state index in [1.54, 1.807) is 0 Å². The van der Waals surface area contributed by atoms with Crippen LogP contribution in [0, 0.1) is 0 Å². The zero-order chi connectivity index (χ0) is 14.8. The van der Waals surface area contributed by atoms with Crippen LogP contribution in [0.5, 0.6) is 11.5 Å². The van der Waals surface area contributed by atoms with E-state index in [-0.39, 0.29) is 6.79 Å². The van der Waals surface area contributed by atoms with Crippen molar-refractivity contribution in [3.63, 3.8) is 0 Å². The summed E-state index contributed by atoms with van der Waals surface area (Å²) in [7, 11) is 1.86. The highest BCUT2D eigenvalue weighted by molar-refractivity contribution is 5.44. The summed E-state index contributed by atoms with van der Waals surface area (Å²) in [5.41, 5.74) is 1.02. The second-order valence-corrected chi connectivity index (χ2v) is 4.89. The molecule has 0 N–H and O–H groups in total. The van der Waals surface area contributed by atoms with Crippen LogP contribution in [0.25, 0.3) is 0 Å². The van der Waals surface area contributed by atoms with Crippen LogP contribution >= 0.6 is 0 Å². The largest absolute Gasteiger partial charge is 0.454 e. The minimum absolute atomic E-state index is 0.237. The Kier molecular flexibility index (Phi) is 3.74. The molecule has 0 fully saturated rings. The van der Waals surface area contributed by atoms with Gasteiger partial charge in [0.2, 0.25) is 6.79 Å². The Hall–Kier alpha value is -2.15. The van der Waals surface area contributed by atoms with Crippen molar-refractivity contribution in [1.29, 1.82) is 0 Å². The van der Waals surface area contributed by atoms with Gasteiger partial charge >= 0.3 is 6.55 Å². The fraction of sp³-hybridized carbons (Fsp3) is 0.357. The number of benzene rings is 1. The van der Waals surface area contributed by atoms with Gasteiger partial charge in [0.05, 0.1) is 6.54 Å². The number of fused-ring (bicyclic) bond motifs is 1. The molecule has 0 radical (unpaired) electrons. The number of aromatic nitrogens is 2. The number of rotatable bonds is 5. The summed E-state index contributed by atoms with van der Waals surface area (Å²) < 4.78 is 37.0. The maximum Gasteiger partial charge on any atom is 0.319 e. The highest BCUT2D eigenvalue weighted by Crippen LogP contribution is 2.32. The van der Waals surface area contributed by atoms with E-state index in [0.29, 0.717) is 18.9 Å². The van der Waals surface area contributed by atoms with Crippen molar-refractivity contribution in [2.24, 2.45) is 0 Å². The van der Waals surface area contributed by atoms with Gasteiger partial charge in [-0.1, -0.05) is 6.07 Å². The molecule has 0 atom stereocenters. The molecular formula is C14H15F2N3O2. The molecule has 0 amide bonds. The second-order valence-electron chi connectivity index (χ2n) is 4.89. The number of alkyl halides is 2. The molecule has 1 aromatic heterocycles. The highest BCUT2D eigenvalue weighted by atomic mass is 19.3. The Morgan fingerprint density at radius 1 is 1.29 bits per heavy atom. The van der Waals surface area contributed by atoms with Crippen LogP contribution in [0.3, 0.4) is 0 Å². The number of nitrogens with zero attached hydrogens (tertiary/aromatic N) is 3. The third-order valence-corrected chi connectivity index (χ3v) is 3.26. The molecular weight excluding hydrogens is 280 g/mol. The van der Waals surface area contributed by atoms with E-state index in [2.05, 4.69) is 4.98 Å². The van der Waals surface area contributed by atoms with E-state index in [4.69, 9.17) is 9.47 Å². The monoisotopic (exact) mass is 295 g/mol. The molecule has 21 heavy (non-hydrogen) atoms. The van der Waals surface area contributed by atoms with Gasteiger partial charge in [-0.2, -0.15) is 8.78 Å². The average molecular weight is 295 g/mol. The van der Waals surface area contributed by atoms with Crippen LogP contribution in [0.15, 0.2) is 30.6 Å². The van der Waals surface area contributed by atoms with Gasteiger partial charge < -0.3 is 9.47 Å². The molecule has 0 saturated heterocycles. The van der Waals surface area contributed by atoms with E-state index >= 15 is 0 Å². The molecule has 0 saturated carbocycles. The van der Waals surface area contributed by atoms with Gasteiger partial charge in [0, 0.05) is 18.9 Å². The molecule has 1 aliphatic heterocycles. The van der Waals surface area contributed by atoms with Gasteiger partial charge in [0.15, 0.2) is 11.5 Å². The van der Waals surface area contributed by atoms with Gasteiger partial charge in [0.25, 0.3) is 0 Å². The number of imidazole rings is 1. The van der Waals surface area contributed by atoms with E-state index in [0.717, 1.165) is 21.6 Å². The Labute approximate surface area is 120 Å². The number of halogens is 2. The Morgan fingerprint density at radius 2 is 2.10 bits per heavy atom. The molecule has 0 aliphatic carbocycles. The molecule has 112 valence electrons. The summed E-state index contributed by atoms with van der Waals surface area (Å²) in [5.74, 6) is 1.79. The van der Waals surface area contributed by atoms with Crippen LogP contribution in [0.2, 0.25) is 0 Å². The Morgan fingerprint density at radius 3 is 2.90 bits per heavy atom. The number of ether oxygens (including phenoxy) is 2. The summed E-state index contributed by atoms with van der Waals surface area (Å²) in [5, 5.41) is 0. The van der Waals surface area contributed by atoms with E-state index < -0.39 is 6.55 Å². The summed E-state index contributed by atoms with van der Waals surface area (Å²) in [6.45, 7) is -1.39. The zero-order valence-electron chi connectivity index (χ0n) is 11.5. The third-order valence-electron chi connectivity index (χ3n) is 3.26. The first-order valence-corrected chi connectivity index (χ1v) is 6.50. The SMILES string of the molecule is CN(Cc1ccc2c(c1)OCO2)Cc1nccn1C(F)F. The number of hydrogen-bond donors (Lipinski definition) is 0. The molecule has 1 aromatic carbocycles. The van der Waals surface area contributed by atoms with Crippen molar-refractivity contribution < 1.29 is 18.3 Å². The van der Waals surface area contributed by atoms with Crippen LogP contribution in [-0.4, -0.2) is 28.3 Å². The molecule has 0 spiro atoms. The average Bonchev–Trinajstić information content (AvgIpc) is 3.06. The molecule has 0 bridgehead atoms. The predicted octanol–water partition coefficient (Wildman–Crippen LogP) is 2.64. The lowest BCUT2D eigenvalue weighted by atomic mass is 10.2. The lowest BCUT2D eigenvalue weighted by Crippen LogP contribution is -2.20. The molecule has 0 unspecified atom stereocenters. The zero-order valence-corrected chi connectivity index (χ0v) is 11.5. The topological polar surface area (TPSA) is 39.5 Å². The Bertz CT molecular complexity index is 630. The van der Waals surface area contributed by atoms with Crippen molar-refractivity contribution in [3.8, 4) is 11.5 Å². The normalized spacial score (nSPS) is 13.4. The molecule has 2 aromatic rings. The van der Waals surface area contributed by atoms with Gasteiger partial charge in [-0.15, -0.1) is 0 Å². The van der Waals surface area contributed by atoms with Crippen molar-refractivity contribution in [2.75, 3.05) is 13.8 Å². The van der Waals surface area contributed by atoms with Gasteiger partial charge in [-0.25, -0.2) is 4.98 Å². The summed E-state index contributed by atoms with van der Waals surface area (Å²) in [6.07, 6.45) is 2.67. The first-order chi connectivity index (χ1) is 10.1. The predicted molar refractivity (Wildman–Crippen MR) is 71.2 cm³/mol. The Balaban J connectivity index is 1.66. The lowest BCUT2D eigenvalue weighted by Gasteiger charge is -2.17.